The molecule has 0 aliphatic rings. The van der Waals surface area contributed by atoms with E-state index in [9.17, 15) is 9.59 Å². The second-order valence-corrected chi connectivity index (χ2v) is 5.63. The standard InChI is InChI=1S/C17H31NO3/c1-4-6-7-8-9-10-11-12-13-15(19)17(3,14-18)16(20)21-5-2/h4H,1,5-14,18H2,2-3H3. The van der Waals surface area contributed by atoms with Crippen LogP contribution in [0.1, 0.15) is 65.2 Å². The van der Waals surface area contributed by atoms with Crippen molar-refractivity contribution >= 4 is 11.8 Å². The number of hydrogen-bond donors (Lipinski definition) is 1. The van der Waals surface area contributed by atoms with Gasteiger partial charge in [-0.1, -0.05) is 31.8 Å². The highest BCUT2D eigenvalue weighted by Crippen LogP contribution is 2.22. The van der Waals surface area contributed by atoms with Crippen LogP contribution in [0.25, 0.3) is 0 Å². The van der Waals surface area contributed by atoms with E-state index in [0.717, 1.165) is 25.7 Å². The Bertz CT molecular complexity index is 328. The second kappa shape index (κ2) is 11.5. The van der Waals surface area contributed by atoms with Gasteiger partial charge >= 0.3 is 5.97 Å². The van der Waals surface area contributed by atoms with E-state index in [4.69, 9.17) is 10.5 Å². The molecule has 0 spiro atoms. The zero-order valence-corrected chi connectivity index (χ0v) is 13.7. The number of esters is 1. The lowest BCUT2D eigenvalue weighted by molar-refractivity contribution is -0.158. The fourth-order valence-electron chi connectivity index (χ4n) is 2.16. The van der Waals surface area contributed by atoms with Crippen molar-refractivity contribution in [3.8, 4) is 0 Å². The maximum Gasteiger partial charge on any atom is 0.320 e. The summed E-state index contributed by atoms with van der Waals surface area (Å²) in [4.78, 5) is 24.0. The molecule has 0 aliphatic carbocycles. The van der Waals surface area contributed by atoms with Gasteiger partial charge < -0.3 is 10.5 Å². The lowest BCUT2D eigenvalue weighted by Crippen LogP contribution is -2.44. The molecule has 0 radical (unpaired) electrons. The number of unbranched alkanes of at least 4 members (excludes halogenated alkanes) is 6. The van der Waals surface area contributed by atoms with Crippen molar-refractivity contribution in [2.75, 3.05) is 13.2 Å². The monoisotopic (exact) mass is 297 g/mol. The molecule has 0 aromatic rings. The van der Waals surface area contributed by atoms with E-state index in [1.165, 1.54) is 19.3 Å². The number of allylic oxidation sites excluding steroid dienone is 1. The predicted octanol–water partition coefficient (Wildman–Crippen LogP) is 3.39. The number of hydrogen-bond acceptors (Lipinski definition) is 4. The minimum atomic E-state index is -1.18. The highest BCUT2D eigenvalue weighted by Gasteiger charge is 2.40. The maximum atomic E-state index is 12.2. The van der Waals surface area contributed by atoms with Crippen LogP contribution >= 0.6 is 0 Å². The topological polar surface area (TPSA) is 69.4 Å². The highest BCUT2D eigenvalue weighted by molar-refractivity contribution is 6.03. The summed E-state index contributed by atoms with van der Waals surface area (Å²) < 4.78 is 4.95. The van der Waals surface area contributed by atoms with Crippen LogP contribution in [0.5, 0.6) is 0 Å². The minimum absolute atomic E-state index is 0.00617. The van der Waals surface area contributed by atoms with Gasteiger partial charge in [0.2, 0.25) is 0 Å². The van der Waals surface area contributed by atoms with Gasteiger partial charge in [-0.2, -0.15) is 0 Å². The Morgan fingerprint density at radius 3 is 2.24 bits per heavy atom. The lowest BCUT2D eigenvalue weighted by atomic mass is 9.83. The zero-order chi connectivity index (χ0) is 16.1. The number of ketones is 1. The van der Waals surface area contributed by atoms with Crippen LogP contribution in [-0.2, 0) is 14.3 Å². The van der Waals surface area contributed by atoms with Gasteiger partial charge in [-0.3, -0.25) is 9.59 Å². The first kappa shape index (κ1) is 19.8. The van der Waals surface area contributed by atoms with Crippen LogP contribution in [0.3, 0.4) is 0 Å². The quantitative estimate of drug-likeness (QED) is 0.245. The third-order valence-electron chi connectivity index (χ3n) is 3.81. The van der Waals surface area contributed by atoms with Crippen molar-refractivity contribution in [2.24, 2.45) is 11.1 Å². The third kappa shape index (κ3) is 7.42. The molecule has 0 heterocycles. The lowest BCUT2D eigenvalue weighted by Gasteiger charge is -2.23. The maximum absolute atomic E-state index is 12.2. The average Bonchev–Trinajstić information content (AvgIpc) is 2.49. The molecule has 0 saturated heterocycles. The van der Waals surface area contributed by atoms with Crippen LogP contribution in [-0.4, -0.2) is 24.9 Å². The summed E-state index contributed by atoms with van der Waals surface area (Å²) in [7, 11) is 0. The van der Waals surface area contributed by atoms with Gasteiger partial charge in [0.15, 0.2) is 5.78 Å². The molecular formula is C17H31NO3. The molecule has 1 unspecified atom stereocenters. The van der Waals surface area contributed by atoms with Crippen LogP contribution in [0.15, 0.2) is 12.7 Å². The van der Waals surface area contributed by atoms with Crippen molar-refractivity contribution in [3.63, 3.8) is 0 Å². The molecule has 0 bridgehead atoms. The SMILES string of the molecule is C=CCCCCCCCCC(=O)C(C)(CN)C(=O)OCC. The Hall–Kier alpha value is -1.16. The van der Waals surface area contributed by atoms with Gasteiger partial charge in [-0.05, 0) is 33.1 Å². The molecule has 2 N–H and O–H groups in total. The van der Waals surface area contributed by atoms with E-state index in [-0.39, 0.29) is 18.9 Å². The number of Topliss-reactive ketones (excluding diaryl/α,β-unsaturated/α-hetero) is 1. The number of carbonyl (C=O) groups excluding carboxylic acids is 2. The van der Waals surface area contributed by atoms with Crippen LogP contribution in [0.4, 0.5) is 0 Å². The Morgan fingerprint density at radius 1 is 1.14 bits per heavy atom. The molecule has 0 fully saturated rings. The van der Waals surface area contributed by atoms with Gasteiger partial charge in [-0.25, -0.2) is 0 Å². The number of nitrogens with two attached hydrogens (primary N) is 1. The first-order valence-corrected chi connectivity index (χ1v) is 8.04. The minimum Gasteiger partial charge on any atom is -0.465 e. The normalized spacial score (nSPS) is 13.5. The molecule has 122 valence electrons. The van der Waals surface area contributed by atoms with Crippen molar-refractivity contribution in [1.29, 1.82) is 0 Å². The van der Waals surface area contributed by atoms with Gasteiger partial charge in [0.25, 0.3) is 0 Å². The number of ether oxygens (including phenoxy) is 1. The van der Waals surface area contributed by atoms with E-state index >= 15 is 0 Å². The summed E-state index contributed by atoms with van der Waals surface area (Å²) in [5.74, 6) is -0.600. The molecule has 0 saturated carbocycles. The summed E-state index contributed by atoms with van der Waals surface area (Å²) >= 11 is 0. The molecule has 21 heavy (non-hydrogen) atoms. The highest BCUT2D eigenvalue weighted by atomic mass is 16.5. The fraction of sp³-hybridized carbons (Fsp3) is 0.765. The van der Waals surface area contributed by atoms with Crippen LogP contribution < -0.4 is 5.73 Å². The summed E-state index contributed by atoms with van der Waals surface area (Å²) in [5, 5.41) is 0. The van der Waals surface area contributed by atoms with Gasteiger partial charge in [-0.15, -0.1) is 6.58 Å². The predicted molar refractivity (Wildman–Crippen MR) is 85.9 cm³/mol. The fourth-order valence-corrected chi connectivity index (χ4v) is 2.16. The second-order valence-electron chi connectivity index (χ2n) is 5.63. The summed E-state index contributed by atoms with van der Waals surface area (Å²) in [6, 6.07) is 0. The molecule has 4 nitrogen and oxygen atoms in total. The molecule has 0 amide bonds. The van der Waals surface area contributed by atoms with Gasteiger partial charge in [0.05, 0.1) is 6.61 Å². The third-order valence-corrected chi connectivity index (χ3v) is 3.81. The van der Waals surface area contributed by atoms with E-state index in [1.54, 1.807) is 13.8 Å². The smallest absolute Gasteiger partial charge is 0.320 e. The van der Waals surface area contributed by atoms with Crippen molar-refractivity contribution in [2.45, 2.75) is 65.2 Å². The van der Waals surface area contributed by atoms with E-state index in [0.29, 0.717) is 6.42 Å². The summed E-state index contributed by atoms with van der Waals surface area (Å²) in [6.45, 7) is 7.29. The van der Waals surface area contributed by atoms with Gasteiger partial charge in [0.1, 0.15) is 5.41 Å². The molecule has 0 aliphatic heterocycles. The Kier molecular flexibility index (Phi) is 10.9. The van der Waals surface area contributed by atoms with E-state index in [2.05, 4.69) is 6.58 Å². The Labute approximate surface area is 129 Å². The van der Waals surface area contributed by atoms with Crippen molar-refractivity contribution in [3.05, 3.63) is 12.7 Å². The molecular weight excluding hydrogens is 266 g/mol. The van der Waals surface area contributed by atoms with Gasteiger partial charge in [0, 0.05) is 13.0 Å². The largest absolute Gasteiger partial charge is 0.465 e. The zero-order valence-electron chi connectivity index (χ0n) is 13.7. The number of carbonyl (C=O) groups is 2. The molecule has 4 heteroatoms. The molecule has 0 aromatic carbocycles. The molecule has 0 aromatic heterocycles. The Balaban J connectivity index is 3.95. The summed E-state index contributed by atoms with van der Waals surface area (Å²) in [5.41, 5.74) is 4.43. The van der Waals surface area contributed by atoms with E-state index in [1.807, 2.05) is 6.08 Å². The van der Waals surface area contributed by atoms with Crippen molar-refractivity contribution < 1.29 is 14.3 Å². The first-order valence-electron chi connectivity index (χ1n) is 8.04. The summed E-state index contributed by atoms with van der Waals surface area (Å²) in [6.07, 6.45) is 9.98. The van der Waals surface area contributed by atoms with Crippen LogP contribution in [0.2, 0.25) is 0 Å². The molecule has 1 atom stereocenters. The van der Waals surface area contributed by atoms with E-state index < -0.39 is 11.4 Å². The number of rotatable bonds is 13. The Morgan fingerprint density at radius 2 is 1.71 bits per heavy atom. The first-order chi connectivity index (χ1) is 10.0. The average molecular weight is 297 g/mol. The molecule has 0 rings (SSSR count). The van der Waals surface area contributed by atoms with Crippen LogP contribution in [0, 0.1) is 5.41 Å². The van der Waals surface area contributed by atoms with Crippen molar-refractivity contribution in [1.82, 2.24) is 0 Å².